The van der Waals surface area contributed by atoms with Crippen molar-refractivity contribution in [1.82, 2.24) is 0 Å². The van der Waals surface area contributed by atoms with Gasteiger partial charge in [-0.05, 0) is 85.5 Å². The zero-order valence-corrected chi connectivity index (χ0v) is 22.1. The molecule has 32 heavy (non-hydrogen) atoms. The summed E-state index contributed by atoms with van der Waals surface area (Å²) in [6.45, 7) is 6.39. The molecule has 0 heterocycles. The van der Waals surface area contributed by atoms with Crippen molar-refractivity contribution in [3.8, 4) is 0 Å². The van der Waals surface area contributed by atoms with Gasteiger partial charge in [0.1, 0.15) is 0 Å². The van der Waals surface area contributed by atoms with Crippen LogP contribution in [0.1, 0.15) is 72.1 Å². The van der Waals surface area contributed by atoms with Gasteiger partial charge in [-0.2, -0.15) is 0 Å². The Hall–Kier alpha value is -0.690. The van der Waals surface area contributed by atoms with Gasteiger partial charge in [0.05, 0.1) is 18.6 Å². The van der Waals surface area contributed by atoms with Gasteiger partial charge in [-0.3, -0.25) is 9.59 Å². The van der Waals surface area contributed by atoms with Gasteiger partial charge >= 0.3 is 35.5 Å². The van der Waals surface area contributed by atoms with E-state index >= 15 is 0 Å². The number of carbonyl (C=O) groups is 3. The number of aliphatic hydroxyl groups is 1. The van der Waals surface area contributed by atoms with E-state index in [0.29, 0.717) is 12.8 Å². The zero-order valence-electron chi connectivity index (χ0n) is 20.1. The van der Waals surface area contributed by atoms with Gasteiger partial charge in [-0.1, -0.05) is 26.3 Å². The summed E-state index contributed by atoms with van der Waals surface area (Å²) in [4.78, 5) is 36.5. The van der Waals surface area contributed by atoms with Crippen molar-refractivity contribution < 1.29 is 58.9 Å². The summed E-state index contributed by atoms with van der Waals surface area (Å²) in [5.74, 6) is -1.28. The molecule has 0 aromatic rings. The third-order valence-corrected chi connectivity index (χ3v) is 10.00. The summed E-state index contributed by atoms with van der Waals surface area (Å²) in [7, 11) is 1.42. The maximum absolute atomic E-state index is 13.1. The van der Waals surface area contributed by atoms with Gasteiger partial charge in [0.25, 0.3) is 0 Å². The van der Waals surface area contributed by atoms with Crippen molar-refractivity contribution in [1.29, 1.82) is 0 Å². The van der Waals surface area contributed by atoms with E-state index in [-0.39, 0.29) is 89.2 Å². The molecule has 2 unspecified atom stereocenters. The Morgan fingerprint density at radius 3 is 2.47 bits per heavy atom. The molecule has 172 valence electrons. The molecular weight excluding hydrogens is 419 g/mol. The first-order valence-corrected chi connectivity index (χ1v) is 11.7. The van der Waals surface area contributed by atoms with E-state index < -0.39 is 17.0 Å². The second kappa shape index (κ2) is 8.83. The molecule has 4 rings (SSSR count). The van der Waals surface area contributed by atoms with Crippen molar-refractivity contribution in [2.45, 2.75) is 77.7 Å². The fourth-order valence-corrected chi connectivity index (χ4v) is 8.28. The summed E-state index contributed by atoms with van der Waals surface area (Å²) in [6, 6.07) is 0. The normalized spacial score (nSPS) is 45.0. The van der Waals surface area contributed by atoms with Crippen LogP contribution in [0.25, 0.3) is 0 Å². The van der Waals surface area contributed by atoms with Crippen molar-refractivity contribution >= 4 is 17.7 Å². The molecule has 3 saturated carbocycles. The van der Waals surface area contributed by atoms with Crippen LogP contribution in [-0.2, 0) is 19.1 Å². The van der Waals surface area contributed by atoms with Crippen LogP contribution in [0.15, 0.2) is 11.6 Å². The quantitative estimate of drug-likeness (QED) is 0.451. The Kier molecular flexibility index (Phi) is 7.15. The minimum atomic E-state index is -1.14. The minimum Gasteiger partial charge on any atom is -0.550 e. The van der Waals surface area contributed by atoms with E-state index in [9.17, 15) is 24.6 Å². The van der Waals surface area contributed by atoms with E-state index in [0.717, 1.165) is 31.3 Å². The minimum absolute atomic E-state index is 0. The number of hydrogen-bond donors (Lipinski definition) is 1. The number of aliphatic carboxylic acids is 1. The molecule has 0 aliphatic heterocycles. The molecule has 4 aliphatic rings. The van der Waals surface area contributed by atoms with Crippen LogP contribution in [0.2, 0.25) is 0 Å². The predicted molar refractivity (Wildman–Crippen MR) is 111 cm³/mol. The number of esters is 1. The van der Waals surface area contributed by atoms with Crippen LogP contribution in [0, 0.1) is 40.4 Å². The number of ether oxygens (including phenoxy) is 1. The molecule has 0 aromatic carbocycles. The van der Waals surface area contributed by atoms with E-state index in [1.165, 1.54) is 7.11 Å². The van der Waals surface area contributed by atoms with E-state index in [1.807, 2.05) is 6.92 Å². The summed E-state index contributed by atoms with van der Waals surface area (Å²) in [5, 5.41) is 22.7. The third-order valence-electron chi connectivity index (χ3n) is 10.00. The van der Waals surface area contributed by atoms with Crippen molar-refractivity contribution in [3.05, 3.63) is 11.6 Å². The SMILES string of the molecule is COC(=O)C1C(C)C2=CC(=O)CC[C@]2(C)[C@H]2CC[C@@]3(C)[C@@H](CC[C@]3(O)CCC(=O)[O-])[C@H]12.[Na+]. The van der Waals surface area contributed by atoms with E-state index in [2.05, 4.69) is 13.8 Å². The third kappa shape index (κ3) is 3.64. The molecule has 3 fully saturated rings. The van der Waals surface area contributed by atoms with Gasteiger partial charge in [-0.25, -0.2) is 0 Å². The standard InChI is InChI=1S/C25H36O6.Na/c1-14-18-13-15(26)5-9-23(18,2)16-6-10-24(3)17(21(16)20(14)22(29)31-4)7-11-25(24,30)12-8-19(27)28;/h13-14,16-17,20-21,30H,5-12H2,1-4H3,(H,27,28);/q;+1/p-1/t14?,16-,17-,20?,21+,23+,24-,25-;/m0./s1. The van der Waals surface area contributed by atoms with Crippen molar-refractivity contribution in [2.75, 3.05) is 7.11 Å². The second-order valence-electron chi connectivity index (χ2n) is 11.0. The average Bonchev–Trinajstić information content (AvgIpc) is 2.99. The Morgan fingerprint density at radius 1 is 1.19 bits per heavy atom. The Morgan fingerprint density at radius 2 is 1.84 bits per heavy atom. The first-order valence-electron chi connectivity index (χ1n) is 11.7. The summed E-state index contributed by atoms with van der Waals surface area (Å²) < 4.78 is 5.26. The molecule has 0 spiro atoms. The molecule has 0 amide bonds. The number of hydrogen-bond acceptors (Lipinski definition) is 6. The first-order chi connectivity index (χ1) is 14.5. The fourth-order valence-electron chi connectivity index (χ4n) is 8.28. The van der Waals surface area contributed by atoms with E-state index in [4.69, 9.17) is 4.74 Å². The summed E-state index contributed by atoms with van der Waals surface area (Å²) >= 11 is 0. The Balaban J connectivity index is 0.00000289. The summed E-state index contributed by atoms with van der Waals surface area (Å²) in [6.07, 6.45) is 6.13. The van der Waals surface area contributed by atoms with Crippen LogP contribution in [0.3, 0.4) is 0 Å². The van der Waals surface area contributed by atoms with Crippen molar-refractivity contribution in [2.24, 2.45) is 40.4 Å². The number of allylic oxidation sites excluding steroid dienone is 1. The van der Waals surface area contributed by atoms with Gasteiger partial charge in [0.15, 0.2) is 5.78 Å². The number of carboxylic acids is 1. The van der Waals surface area contributed by atoms with Crippen LogP contribution in [0.5, 0.6) is 0 Å². The number of carboxylic acid groups (broad SMARTS) is 1. The summed E-state index contributed by atoms with van der Waals surface area (Å²) in [5.41, 5.74) is -0.548. The molecule has 7 heteroatoms. The molecule has 0 bridgehead atoms. The molecule has 0 saturated heterocycles. The van der Waals surface area contributed by atoms with Gasteiger partial charge < -0.3 is 19.7 Å². The Bertz CT molecular complexity index is 838. The van der Waals surface area contributed by atoms with Gasteiger partial charge in [0, 0.05) is 12.4 Å². The fraction of sp³-hybridized carbons (Fsp3) is 0.800. The molecule has 0 aromatic heterocycles. The molecule has 0 radical (unpaired) electrons. The molecular formula is C25H35NaO6. The maximum Gasteiger partial charge on any atom is 1.00 e. The molecule has 6 nitrogen and oxygen atoms in total. The topological polar surface area (TPSA) is 104 Å². The second-order valence-corrected chi connectivity index (χ2v) is 11.0. The molecule has 1 N–H and O–H groups in total. The van der Waals surface area contributed by atoms with Gasteiger partial charge in [0.2, 0.25) is 0 Å². The van der Waals surface area contributed by atoms with Crippen LogP contribution >= 0.6 is 0 Å². The van der Waals surface area contributed by atoms with Gasteiger partial charge in [-0.15, -0.1) is 0 Å². The van der Waals surface area contributed by atoms with Crippen LogP contribution in [-0.4, -0.2) is 35.5 Å². The monoisotopic (exact) mass is 454 g/mol. The predicted octanol–water partition coefficient (Wildman–Crippen LogP) is -0.571. The zero-order chi connectivity index (χ0) is 22.8. The number of carbonyl (C=O) groups excluding carboxylic acids is 3. The Labute approximate surface area is 212 Å². The molecule has 4 aliphatic carbocycles. The molecule has 8 atom stereocenters. The number of rotatable bonds is 4. The first kappa shape index (κ1) is 25.9. The number of fused-ring (bicyclic) bond motifs is 5. The number of methoxy groups -OCH3 is 1. The maximum atomic E-state index is 13.1. The average molecular weight is 455 g/mol. The van der Waals surface area contributed by atoms with Crippen molar-refractivity contribution in [3.63, 3.8) is 0 Å². The van der Waals surface area contributed by atoms with Crippen LogP contribution in [0.4, 0.5) is 0 Å². The largest absolute Gasteiger partial charge is 1.00 e. The van der Waals surface area contributed by atoms with E-state index in [1.54, 1.807) is 6.08 Å². The smallest absolute Gasteiger partial charge is 0.550 e. The number of ketones is 1. The van der Waals surface area contributed by atoms with Crippen LogP contribution < -0.4 is 34.7 Å².